The van der Waals surface area contributed by atoms with E-state index in [1.54, 1.807) is 0 Å². The predicted molar refractivity (Wildman–Crippen MR) is 68.4 cm³/mol. The van der Waals surface area contributed by atoms with Gasteiger partial charge in [0.15, 0.2) is 0 Å². The lowest BCUT2D eigenvalue weighted by Crippen LogP contribution is -1.79. The first-order valence-electron chi connectivity index (χ1n) is 5.55. The molecule has 0 aliphatic rings. The number of hydrogen-bond acceptors (Lipinski definition) is 1. The van der Waals surface area contributed by atoms with Gasteiger partial charge in [0, 0.05) is 5.69 Å². The van der Waals surface area contributed by atoms with Gasteiger partial charge >= 0.3 is 0 Å². The Balaban J connectivity index is 1.99. The van der Waals surface area contributed by atoms with E-state index < -0.39 is 0 Å². The lowest BCUT2D eigenvalue weighted by Gasteiger charge is -2.02. The van der Waals surface area contributed by atoms with Gasteiger partial charge in [-0.2, -0.15) is 0 Å². The molecule has 0 saturated carbocycles. The van der Waals surface area contributed by atoms with E-state index in [9.17, 15) is 0 Å². The highest BCUT2D eigenvalue weighted by Crippen LogP contribution is 2.22. The molecule has 0 fully saturated rings. The first kappa shape index (κ1) is 9.85. The number of nitrogens with zero attached hydrogens (tertiary/aromatic N) is 2. The van der Waals surface area contributed by atoms with Crippen molar-refractivity contribution in [1.29, 1.82) is 0 Å². The van der Waals surface area contributed by atoms with Crippen molar-refractivity contribution < 1.29 is 0 Å². The van der Waals surface area contributed by atoms with Gasteiger partial charge in [-0.1, -0.05) is 66.7 Å². The van der Waals surface area contributed by atoms with Crippen LogP contribution in [0.3, 0.4) is 0 Å². The van der Waals surface area contributed by atoms with E-state index in [1.807, 2.05) is 66.7 Å². The van der Waals surface area contributed by atoms with Crippen LogP contribution in [0.2, 0.25) is 0 Å². The Labute approximate surface area is 99.9 Å². The Morgan fingerprint density at radius 2 is 1.29 bits per heavy atom. The standard InChI is InChI=1S/C15H11N2/c1-3-7-12(8-4-1)14-11-15(17-16-14)13-9-5-2-6-10-13/h1-11H/q-1. The maximum atomic E-state index is 4.21. The van der Waals surface area contributed by atoms with Crippen LogP contribution >= 0.6 is 0 Å². The molecule has 0 unspecified atom stereocenters. The van der Waals surface area contributed by atoms with Crippen LogP contribution in [0, 0.1) is 0 Å². The van der Waals surface area contributed by atoms with Crippen LogP contribution in [0.15, 0.2) is 66.7 Å². The summed E-state index contributed by atoms with van der Waals surface area (Å²) in [4.78, 5) is 0. The van der Waals surface area contributed by atoms with Gasteiger partial charge in [0.1, 0.15) is 0 Å². The molecule has 0 aliphatic heterocycles. The van der Waals surface area contributed by atoms with Crippen molar-refractivity contribution >= 4 is 0 Å². The molecule has 0 radical (unpaired) electrons. The van der Waals surface area contributed by atoms with Crippen molar-refractivity contribution in [3.63, 3.8) is 0 Å². The van der Waals surface area contributed by atoms with Gasteiger partial charge in [0.05, 0.1) is 0 Å². The third-order valence-electron chi connectivity index (χ3n) is 2.68. The summed E-state index contributed by atoms with van der Waals surface area (Å²) in [5, 5.41) is 8.43. The molecule has 2 nitrogen and oxygen atoms in total. The van der Waals surface area contributed by atoms with Crippen molar-refractivity contribution in [2.24, 2.45) is 0 Å². The summed E-state index contributed by atoms with van der Waals surface area (Å²) < 4.78 is 0. The molecule has 0 saturated heterocycles. The minimum atomic E-state index is 0.921. The first-order chi connectivity index (χ1) is 8.43. The van der Waals surface area contributed by atoms with Crippen LogP contribution in [0.5, 0.6) is 0 Å². The molecule has 3 aromatic rings. The quantitative estimate of drug-likeness (QED) is 0.660. The van der Waals surface area contributed by atoms with Gasteiger partial charge in [-0.15, -0.1) is 5.69 Å². The lowest BCUT2D eigenvalue weighted by molar-refractivity contribution is 1.07. The Morgan fingerprint density at radius 1 is 0.706 bits per heavy atom. The number of benzene rings is 2. The highest BCUT2D eigenvalue weighted by Gasteiger charge is 1.97. The van der Waals surface area contributed by atoms with Crippen LogP contribution in [-0.4, -0.2) is 5.10 Å². The molecule has 2 aromatic carbocycles. The molecule has 3 rings (SSSR count). The fourth-order valence-electron chi connectivity index (χ4n) is 1.79. The lowest BCUT2D eigenvalue weighted by atomic mass is 10.1. The molecule has 0 atom stereocenters. The molecule has 1 aromatic heterocycles. The average Bonchev–Trinajstić information content (AvgIpc) is 2.90. The molecule has 0 bridgehead atoms. The van der Waals surface area contributed by atoms with Gasteiger partial charge in [-0.05, 0) is 11.1 Å². The minimum absolute atomic E-state index is 0.921. The number of hydrogen-bond donors (Lipinski definition) is 0. The minimum Gasteiger partial charge on any atom is -0.574 e. The molecule has 0 aliphatic carbocycles. The van der Waals surface area contributed by atoms with Crippen molar-refractivity contribution in [2.45, 2.75) is 0 Å². The van der Waals surface area contributed by atoms with Gasteiger partial charge in [-0.3, -0.25) is 0 Å². The second-order valence-electron chi connectivity index (χ2n) is 3.85. The maximum Gasteiger partial charge on any atom is 0.0473 e. The summed E-state index contributed by atoms with van der Waals surface area (Å²) in [6.07, 6.45) is 0. The van der Waals surface area contributed by atoms with Crippen LogP contribution in [0.1, 0.15) is 0 Å². The number of aromatic nitrogens is 2. The first-order valence-corrected chi connectivity index (χ1v) is 5.55. The van der Waals surface area contributed by atoms with Gasteiger partial charge in [-0.25, -0.2) is 0 Å². The van der Waals surface area contributed by atoms with E-state index >= 15 is 0 Å². The van der Waals surface area contributed by atoms with E-state index in [4.69, 9.17) is 0 Å². The average molecular weight is 219 g/mol. The van der Waals surface area contributed by atoms with Crippen LogP contribution in [-0.2, 0) is 0 Å². The third-order valence-corrected chi connectivity index (χ3v) is 2.68. The van der Waals surface area contributed by atoms with Crippen molar-refractivity contribution in [2.75, 3.05) is 0 Å². The Morgan fingerprint density at radius 3 is 1.94 bits per heavy atom. The summed E-state index contributed by atoms with van der Waals surface area (Å²) in [6, 6.07) is 22.2. The van der Waals surface area contributed by atoms with Gasteiger partial charge < -0.3 is 10.2 Å². The van der Waals surface area contributed by atoms with Gasteiger partial charge in [0.25, 0.3) is 0 Å². The summed E-state index contributed by atoms with van der Waals surface area (Å²) in [5.41, 5.74) is 4.04. The van der Waals surface area contributed by atoms with Crippen LogP contribution in [0.4, 0.5) is 0 Å². The van der Waals surface area contributed by atoms with E-state index in [-0.39, 0.29) is 0 Å². The zero-order chi connectivity index (χ0) is 11.5. The van der Waals surface area contributed by atoms with Crippen molar-refractivity contribution in [1.82, 2.24) is 10.2 Å². The zero-order valence-electron chi connectivity index (χ0n) is 9.25. The molecule has 1 heterocycles. The molecule has 82 valence electrons. The van der Waals surface area contributed by atoms with Crippen molar-refractivity contribution in [3.05, 3.63) is 66.7 Å². The summed E-state index contributed by atoms with van der Waals surface area (Å²) in [7, 11) is 0. The van der Waals surface area contributed by atoms with Crippen LogP contribution in [0.25, 0.3) is 22.5 Å². The molecule has 0 spiro atoms. The van der Waals surface area contributed by atoms with Gasteiger partial charge in [0.2, 0.25) is 0 Å². The van der Waals surface area contributed by atoms with E-state index in [0.29, 0.717) is 0 Å². The molecule has 2 heteroatoms. The maximum absolute atomic E-state index is 4.21. The number of rotatable bonds is 2. The second kappa shape index (κ2) is 4.26. The van der Waals surface area contributed by atoms with E-state index in [1.165, 1.54) is 0 Å². The van der Waals surface area contributed by atoms with E-state index in [2.05, 4.69) is 10.2 Å². The molecular formula is C15H11N2-. The molecule has 0 N–H and O–H groups in total. The highest BCUT2D eigenvalue weighted by molar-refractivity contribution is 5.67. The zero-order valence-corrected chi connectivity index (χ0v) is 9.25. The SMILES string of the molecule is c1ccc(-c2cc(-c3ccccc3)[n-]n2)cc1. The molecule has 0 amide bonds. The van der Waals surface area contributed by atoms with E-state index in [0.717, 1.165) is 22.5 Å². The topological polar surface area (TPSA) is 27.0 Å². The normalized spacial score (nSPS) is 10.4. The predicted octanol–water partition coefficient (Wildman–Crippen LogP) is 3.37. The fourth-order valence-corrected chi connectivity index (χ4v) is 1.79. The Hall–Kier alpha value is -2.35. The summed E-state index contributed by atoms with van der Waals surface area (Å²) in [6.45, 7) is 0. The Bertz CT molecular complexity index is 543. The summed E-state index contributed by atoms with van der Waals surface area (Å²) in [5.74, 6) is 0. The van der Waals surface area contributed by atoms with Crippen molar-refractivity contribution in [3.8, 4) is 22.5 Å². The van der Waals surface area contributed by atoms with Crippen LogP contribution < -0.4 is 5.10 Å². The third kappa shape index (κ3) is 1.97. The molecular weight excluding hydrogens is 208 g/mol. The fraction of sp³-hybridized carbons (Fsp3) is 0. The largest absolute Gasteiger partial charge is 0.574 e. The highest BCUT2D eigenvalue weighted by atomic mass is 15.1. The Kier molecular flexibility index (Phi) is 2.47. The monoisotopic (exact) mass is 219 g/mol. The molecule has 17 heavy (non-hydrogen) atoms. The second-order valence-corrected chi connectivity index (χ2v) is 3.85. The smallest absolute Gasteiger partial charge is 0.0473 e. The summed E-state index contributed by atoms with van der Waals surface area (Å²) >= 11 is 0.